The van der Waals surface area contributed by atoms with Crippen molar-refractivity contribution in [3.05, 3.63) is 41.0 Å². The molecule has 0 bridgehead atoms. The molecule has 0 saturated heterocycles. The zero-order valence-corrected chi connectivity index (χ0v) is 9.74. The Morgan fingerprint density at radius 2 is 1.94 bits per heavy atom. The van der Waals surface area contributed by atoms with E-state index in [4.69, 9.17) is 0 Å². The lowest BCUT2D eigenvalue weighted by Crippen LogP contribution is -2.28. The van der Waals surface area contributed by atoms with Gasteiger partial charge in [0.05, 0.1) is 5.57 Å². The van der Waals surface area contributed by atoms with Crippen LogP contribution in [-0.4, -0.2) is 12.8 Å². The van der Waals surface area contributed by atoms with Crippen molar-refractivity contribution in [1.29, 1.82) is 0 Å². The van der Waals surface area contributed by atoms with E-state index in [1.54, 1.807) is 0 Å². The fourth-order valence-corrected chi connectivity index (χ4v) is 1.29. The fraction of sp³-hybridized carbons (Fsp3) is 0.333. The molecule has 0 radical (unpaired) electrons. The minimum absolute atomic E-state index is 0.178. The fourth-order valence-electron chi connectivity index (χ4n) is 1.29. The van der Waals surface area contributed by atoms with E-state index in [-0.39, 0.29) is 5.56 Å². The molecule has 0 aliphatic rings. The lowest BCUT2D eigenvalue weighted by atomic mass is 10.2. The Kier molecular flexibility index (Phi) is 4.32. The topological polar surface area (TPSA) is 9.23 Å². The van der Waals surface area contributed by atoms with Crippen LogP contribution in [0.4, 0.5) is 22.0 Å². The van der Waals surface area contributed by atoms with Crippen molar-refractivity contribution in [1.82, 2.24) is 0 Å². The molecule has 0 N–H and O–H groups in total. The van der Waals surface area contributed by atoms with Gasteiger partial charge < -0.3 is 4.74 Å². The molecule has 0 aliphatic heterocycles. The molecule has 1 aromatic carbocycles. The number of rotatable bonds is 4. The Morgan fingerprint density at radius 3 is 2.39 bits per heavy atom. The molecule has 0 spiro atoms. The summed E-state index contributed by atoms with van der Waals surface area (Å²) in [4.78, 5) is 0. The summed E-state index contributed by atoms with van der Waals surface area (Å²) in [5.74, 6) is -3.00. The first-order valence-corrected chi connectivity index (χ1v) is 5.06. The zero-order chi connectivity index (χ0) is 13.9. The van der Waals surface area contributed by atoms with Crippen LogP contribution in [-0.2, 0) is 0 Å². The van der Waals surface area contributed by atoms with Gasteiger partial charge in [0.15, 0.2) is 11.6 Å². The van der Waals surface area contributed by atoms with Crippen LogP contribution in [0.2, 0.25) is 0 Å². The van der Waals surface area contributed by atoms with E-state index in [1.165, 1.54) is 13.8 Å². The minimum atomic E-state index is -3.90. The Hall–Kier alpha value is -1.59. The number of aryl methyl sites for hydroxylation is 1. The van der Waals surface area contributed by atoms with Gasteiger partial charge in [0.1, 0.15) is 12.4 Å². The Morgan fingerprint density at radius 1 is 1.33 bits per heavy atom. The highest BCUT2D eigenvalue weighted by Crippen LogP contribution is 2.30. The maximum absolute atomic E-state index is 13.4. The molecule has 0 aromatic heterocycles. The number of benzene rings is 1. The molecule has 100 valence electrons. The van der Waals surface area contributed by atoms with E-state index in [0.29, 0.717) is 6.07 Å². The van der Waals surface area contributed by atoms with E-state index in [9.17, 15) is 22.0 Å². The SMILES string of the molecule is C/C=C(/CF)C(F)(F)Oc1cc(C)c(F)c(F)c1. The normalized spacial score (nSPS) is 12.7. The van der Waals surface area contributed by atoms with Gasteiger partial charge in [-0.05, 0) is 25.5 Å². The first kappa shape index (κ1) is 14.5. The minimum Gasteiger partial charge on any atom is -0.429 e. The largest absolute Gasteiger partial charge is 0.429 e. The first-order valence-electron chi connectivity index (χ1n) is 5.06. The van der Waals surface area contributed by atoms with Gasteiger partial charge in [-0.2, -0.15) is 8.78 Å². The summed E-state index contributed by atoms with van der Waals surface area (Å²) in [5, 5.41) is 0. The highest BCUT2D eigenvalue weighted by atomic mass is 19.3. The predicted molar refractivity (Wildman–Crippen MR) is 56.4 cm³/mol. The molecule has 0 fully saturated rings. The van der Waals surface area contributed by atoms with Gasteiger partial charge in [0, 0.05) is 6.07 Å². The summed E-state index contributed by atoms with van der Waals surface area (Å²) in [5.41, 5.74) is -1.06. The van der Waals surface area contributed by atoms with Crippen LogP contribution >= 0.6 is 0 Å². The van der Waals surface area contributed by atoms with Gasteiger partial charge in [0.2, 0.25) is 0 Å². The van der Waals surface area contributed by atoms with Crippen molar-refractivity contribution in [2.45, 2.75) is 20.0 Å². The van der Waals surface area contributed by atoms with Gasteiger partial charge in [-0.1, -0.05) is 6.08 Å². The molecule has 18 heavy (non-hydrogen) atoms. The van der Waals surface area contributed by atoms with Crippen molar-refractivity contribution < 1.29 is 26.7 Å². The van der Waals surface area contributed by atoms with E-state index in [0.717, 1.165) is 12.1 Å². The molecule has 0 atom stereocenters. The van der Waals surface area contributed by atoms with Crippen LogP contribution in [0.15, 0.2) is 23.8 Å². The standard InChI is InChI=1S/C12H11F5O/c1-3-8(6-13)12(16,17)18-9-4-7(2)11(15)10(14)5-9/h3-5H,6H2,1-2H3/b8-3-. The third kappa shape index (κ3) is 3.00. The van der Waals surface area contributed by atoms with Crippen LogP contribution in [0.1, 0.15) is 12.5 Å². The van der Waals surface area contributed by atoms with Crippen molar-refractivity contribution in [3.63, 3.8) is 0 Å². The average Bonchev–Trinajstić information content (AvgIpc) is 2.26. The van der Waals surface area contributed by atoms with E-state index >= 15 is 0 Å². The first-order chi connectivity index (χ1) is 8.31. The number of alkyl halides is 3. The van der Waals surface area contributed by atoms with E-state index in [2.05, 4.69) is 4.74 Å². The van der Waals surface area contributed by atoms with Crippen molar-refractivity contribution in [2.24, 2.45) is 0 Å². The van der Waals surface area contributed by atoms with Crippen LogP contribution < -0.4 is 4.74 Å². The molecule has 6 heteroatoms. The lowest BCUT2D eigenvalue weighted by molar-refractivity contribution is -0.145. The Balaban J connectivity index is 3.05. The van der Waals surface area contributed by atoms with Crippen LogP contribution in [0.3, 0.4) is 0 Å². The van der Waals surface area contributed by atoms with Gasteiger partial charge >= 0.3 is 6.11 Å². The second kappa shape index (κ2) is 5.37. The number of hydrogen-bond donors (Lipinski definition) is 0. The summed E-state index contributed by atoms with van der Waals surface area (Å²) >= 11 is 0. The Bertz CT molecular complexity index is 445. The Labute approximate surface area is 101 Å². The van der Waals surface area contributed by atoms with Crippen molar-refractivity contribution in [2.75, 3.05) is 6.67 Å². The van der Waals surface area contributed by atoms with E-state index in [1.807, 2.05) is 0 Å². The highest BCUT2D eigenvalue weighted by Gasteiger charge is 2.37. The second-order valence-electron chi connectivity index (χ2n) is 3.60. The molecule has 1 nitrogen and oxygen atoms in total. The lowest BCUT2D eigenvalue weighted by Gasteiger charge is -2.19. The van der Waals surface area contributed by atoms with Crippen LogP contribution in [0, 0.1) is 18.6 Å². The number of halogens is 5. The second-order valence-corrected chi connectivity index (χ2v) is 3.60. The van der Waals surface area contributed by atoms with Crippen molar-refractivity contribution >= 4 is 0 Å². The molecule has 0 unspecified atom stereocenters. The summed E-state index contributed by atoms with van der Waals surface area (Å²) in [6.07, 6.45) is -3.03. The van der Waals surface area contributed by atoms with Gasteiger partial charge in [-0.3, -0.25) is 0 Å². The molecule has 1 rings (SSSR count). The molecular weight excluding hydrogens is 255 g/mol. The summed E-state index contributed by atoms with van der Waals surface area (Å²) < 4.78 is 69.3. The molecule has 1 aromatic rings. The van der Waals surface area contributed by atoms with E-state index < -0.39 is 35.7 Å². The van der Waals surface area contributed by atoms with Crippen LogP contribution in [0.25, 0.3) is 0 Å². The third-order valence-electron chi connectivity index (χ3n) is 2.30. The highest BCUT2D eigenvalue weighted by molar-refractivity contribution is 5.31. The predicted octanol–water partition coefficient (Wildman–Crippen LogP) is 4.16. The third-order valence-corrected chi connectivity index (χ3v) is 2.30. The molecule has 0 saturated carbocycles. The van der Waals surface area contributed by atoms with Crippen LogP contribution in [0.5, 0.6) is 5.75 Å². The molecule has 0 heterocycles. The monoisotopic (exact) mass is 266 g/mol. The summed E-state index contributed by atoms with van der Waals surface area (Å²) in [7, 11) is 0. The average molecular weight is 266 g/mol. The quantitative estimate of drug-likeness (QED) is 0.587. The zero-order valence-electron chi connectivity index (χ0n) is 9.74. The number of allylic oxidation sites excluding steroid dienone is 1. The van der Waals surface area contributed by atoms with Gasteiger partial charge in [-0.15, -0.1) is 0 Å². The van der Waals surface area contributed by atoms with Gasteiger partial charge in [-0.25, -0.2) is 13.2 Å². The molecular formula is C12H11F5O. The smallest absolute Gasteiger partial charge is 0.425 e. The summed E-state index contributed by atoms with van der Waals surface area (Å²) in [6, 6.07) is 1.40. The number of hydrogen-bond acceptors (Lipinski definition) is 1. The maximum Gasteiger partial charge on any atom is 0.425 e. The maximum atomic E-state index is 13.4. The molecule has 0 aliphatic carbocycles. The molecule has 0 amide bonds. The number of ether oxygens (including phenoxy) is 1. The van der Waals surface area contributed by atoms with Crippen molar-refractivity contribution in [3.8, 4) is 5.75 Å². The summed E-state index contributed by atoms with van der Waals surface area (Å²) in [6.45, 7) is 1.03. The van der Waals surface area contributed by atoms with Gasteiger partial charge in [0.25, 0.3) is 0 Å².